The van der Waals surface area contributed by atoms with Gasteiger partial charge >= 0.3 is 5.88 Å². The molecule has 24 aromatic rings. The van der Waals surface area contributed by atoms with Crippen molar-refractivity contribution < 1.29 is 79.2 Å². The number of methoxy groups -OCH3 is 1. The number of benzene rings is 16. The van der Waals surface area contributed by atoms with Crippen LogP contribution in [0.15, 0.2) is 334 Å². The summed E-state index contributed by atoms with van der Waals surface area (Å²) in [6, 6.07) is 111. The van der Waals surface area contributed by atoms with Gasteiger partial charge in [-0.05, 0) is 225 Å². The summed E-state index contributed by atoms with van der Waals surface area (Å²) in [4.78, 5) is 0. The highest BCUT2D eigenvalue weighted by molar-refractivity contribution is 6.89. The number of hydrogen-bond donors (Lipinski definition) is 0. The Bertz CT molecular complexity index is 8880. The SMILES string of the molecule is COc1ccc2ccc3cccc4c3c2[n+]1CO4.C[Si](C)(C)c1ccc2ccc3ccc[n+]4c3c2c1OC4.C[Si](C)(C)c1ccc2ccc3cccc4c3c2[n+]1CO4.Cc1ccc2ccc3ccc(C)[n+]4c3c2c1OC4.Cc1ccc2ccc3ccc[n+]4c3c2c1OC4.Cc1ccc2ccc3ccc[n+]4c3c2c1OC4.Cc1ccc2ccc3cccc4c3c2[n+]1CO4.Clc1ccc2ccc3cccc4c3c2[n+]1CO4. The lowest BCUT2D eigenvalue weighted by atomic mass is 10.0. The highest BCUT2D eigenvalue weighted by Gasteiger charge is 2.37. The lowest BCUT2D eigenvalue weighted by Gasteiger charge is -2.24. The smallest absolute Gasteiger partial charge is 0.371 e. The molecule has 0 atom stereocenters. The lowest BCUT2D eigenvalue weighted by Crippen LogP contribution is -2.62. The summed E-state index contributed by atoms with van der Waals surface area (Å²) in [6.07, 6.45) is 6.26. The van der Waals surface area contributed by atoms with Crippen molar-refractivity contribution in [3.05, 3.63) is 367 Å². The predicted octanol–water partition coefficient (Wildman–Crippen LogP) is 24.3. The molecule has 0 spiro atoms. The molecular weight excluding hydrogens is 1840 g/mol. The first-order chi connectivity index (χ1) is 70.1. The van der Waals surface area contributed by atoms with Crippen molar-refractivity contribution in [2.75, 3.05) is 7.11 Å². The largest absolute Gasteiger partial charge is 0.448 e. The highest BCUT2D eigenvalue weighted by Crippen LogP contribution is 2.44. The molecule has 8 aliphatic heterocycles. The fourth-order valence-electron chi connectivity index (χ4n) is 22.4. The summed E-state index contributed by atoms with van der Waals surface area (Å²) in [5, 5.41) is 33.4. The molecule has 0 N–H and O–H groups in total. The molecule has 0 saturated heterocycles. The van der Waals surface area contributed by atoms with Gasteiger partial charge in [-0.1, -0.05) is 185 Å². The summed E-state index contributed by atoms with van der Waals surface area (Å²) in [5.41, 5.74) is 16.3. The molecule has 20 heteroatoms. The standard InChI is InChI=1S/2C17H18NOSi.C16H14NO.C15H12NO2.3C15H12NO.C14H9ClNO/c1-20(2,3)14-9-8-12-6-7-13-5-4-10-18-11-19-17(14)15(12)16(13)18;1-20(2,3)15-10-9-13-8-7-12-5-4-6-14-16(12)17(13)18(15)11-19-14;1-10-3-5-12-7-8-13-6-4-11(2)17-9-18-16(10)14(12)15(13)17;1-17-13-8-7-11-6-5-10-3-2-4-12-14(10)15(11)16(13)9-18-12;2*1-10-4-5-11-6-7-12-3-2-8-16-9-17-15(10)13(11)14(12)16;1-10-5-6-12-8-7-11-3-2-4-13-14(11)15(12)16(10)9-17-13;15-12-7-6-10-5-4-9-2-1-3-11-13(9)14(10)16(12)8-17-11/h2*4-10H,11H2,1-3H3;3-8H,9H2,1-2H3;2-8H,9H2,1H3;3*2-8H,9H2,1H3;1-7H,8H2/q8*+1. The van der Waals surface area contributed by atoms with E-state index >= 15 is 0 Å². The Balaban J connectivity index is 0.0000000862. The van der Waals surface area contributed by atoms with Gasteiger partial charge in [-0.15, -0.1) is 9.13 Å². The number of pyridine rings is 8. The molecular formula is C124H107ClN8O9Si2+8. The van der Waals surface area contributed by atoms with Crippen LogP contribution >= 0.6 is 11.6 Å². The van der Waals surface area contributed by atoms with Gasteiger partial charge in [-0.3, -0.25) is 0 Å². The Kier molecular flexibility index (Phi) is 21.8. The van der Waals surface area contributed by atoms with Crippen LogP contribution in [-0.4, -0.2) is 23.3 Å². The topological polar surface area (TPSA) is 114 Å². The van der Waals surface area contributed by atoms with Gasteiger partial charge in [-0.25, -0.2) is 0 Å². The number of rotatable bonds is 3. The fraction of sp³-hybridized carbons (Fsp3) is 0.161. The average Bonchev–Trinajstić information content (AvgIpc) is 0.728. The van der Waals surface area contributed by atoms with Crippen LogP contribution in [0.1, 0.15) is 28.1 Å². The van der Waals surface area contributed by atoms with E-state index in [1.54, 1.807) is 7.11 Å². The Labute approximate surface area is 839 Å². The van der Waals surface area contributed by atoms with Gasteiger partial charge in [0.15, 0.2) is 43.4 Å². The van der Waals surface area contributed by atoms with Gasteiger partial charge in [0.1, 0.15) is 46.0 Å². The van der Waals surface area contributed by atoms with Crippen LogP contribution in [0.25, 0.3) is 173 Å². The molecule has 8 aromatic heterocycles. The van der Waals surface area contributed by atoms with Crippen molar-refractivity contribution in [1.29, 1.82) is 0 Å². The first-order valence-corrected chi connectivity index (χ1v) is 56.7. The van der Waals surface area contributed by atoms with Crippen LogP contribution < -0.4 is 89.7 Å². The minimum absolute atomic E-state index is 0.478. The molecule has 32 rings (SSSR count). The number of ether oxygens (including phenoxy) is 9. The third-order valence-electron chi connectivity index (χ3n) is 29.5. The maximum Gasteiger partial charge on any atom is 0.371 e. The summed E-state index contributed by atoms with van der Waals surface area (Å²) >= 11 is 6.22. The van der Waals surface area contributed by atoms with Gasteiger partial charge in [0.05, 0.1) is 64.3 Å². The molecule has 0 unspecified atom stereocenters. The van der Waals surface area contributed by atoms with Crippen molar-refractivity contribution in [1.82, 2.24) is 0 Å². The van der Waals surface area contributed by atoms with E-state index in [2.05, 4.69) is 397 Å². The van der Waals surface area contributed by atoms with E-state index in [0.29, 0.717) is 59.0 Å². The molecule has 0 bridgehead atoms. The van der Waals surface area contributed by atoms with E-state index in [-0.39, 0.29) is 0 Å². The van der Waals surface area contributed by atoms with E-state index in [0.717, 1.165) is 62.8 Å². The highest BCUT2D eigenvalue weighted by atomic mass is 35.5. The first-order valence-electron chi connectivity index (χ1n) is 49.3. The fourth-order valence-corrected chi connectivity index (χ4v) is 25.7. The van der Waals surface area contributed by atoms with Crippen LogP contribution in [0, 0.1) is 34.6 Å². The van der Waals surface area contributed by atoms with Crippen LogP contribution in [0.3, 0.4) is 0 Å². The minimum Gasteiger partial charge on any atom is -0.448 e. The summed E-state index contributed by atoms with van der Waals surface area (Å²) in [7, 11) is -1.11. The molecule has 0 aliphatic carbocycles. The van der Waals surface area contributed by atoms with Crippen molar-refractivity contribution in [2.24, 2.45) is 0 Å². The molecule has 16 aromatic carbocycles. The quantitative estimate of drug-likeness (QED) is 0.0738. The van der Waals surface area contributed by atoms with Gasteiger partial charge in [0, 0.05) is 93.3 Å². The molecule has 0 fully saturated rings. The van der Waals surface area contributed by atoms with Crippen molar-refractivity contribution in [3.8, 4) is 51.9 Å². The normalized spacial score (nSPS) is 13.4. The number of nitrogens with zero attached hydrogens (tertiary/aromatic N) is 8. The zero-order valence-electron chi connectivity index (χ0n) is 82.5. The van der Waals surface area contributed by atoms with Crippen molar-refractivity contribution >= 4 is 212 Å². The summed E-state index contributed by atoms with van der Waals surface area (Å²) < 4.78 is 70.2. The van der Waals surface area contributed by atoms with E-state index < -0.39 is 16.1 Å². The average molecular weight is 1940 g/mol. The van der Waals surface area contributed by atoms with Crippen LogP contribution in [0.5, 0.6) is 51.9 Å². The van der Waals surface area contributed by atoms with E-state index in [1.165, 1.54) is 201 Å². The second-order valence-electron chi connectivity index (χ2n) is 40.4. The Morgan fingerprint density at radius 2 is 0.500 bits per heavy atom. The molecule has 144 heavy (non-hydrogen) atoms. The minimum atomic E-state index is -1.41. The maximum atomic E-state index is 6.22. The molecule has 704 valence electrons. The first kappa shape index (κ1) is 89.2. The van der Waals surface area contributed by atoms with Crippen LogP contribution in [0.4, 0.5) is 0 Å². The molecule has 0 saturated carbocycles. The third-order valence-corrected chi connectivity index (χ3v) is 33.8. The number of aryl methyl sites for hydroxylation is 5. The van der Waals surface area contributed by atoms with E-state index in [4.69, 9.17) is 54.2 Å². The second-order valence-corrected chi connectivity index (χ2v) is 50.8. The monoisotopic (exact) mass is 1940 g/mol. The Morgan fingerprint density at radius 3 is 0.903 bits per heavy atom. The van der Waals surface area contributed by atoms with Gasteiger partial charge < -0.3 is 42.6 Å². The Morgan fingerprint density at radius 1 is 0.229 bits per heavy atom. The molecule has 17 nitrogen and oxygen atoms in total. The van der Waals surface area contributed by atoms with Gasteiger partial charge in [0.2, 0.25) is 44.1 Å². The van der Waals surface area contributed by atoms with E-state index in [1.807, 2.05) is 47.0 Å². The van der Waals surface area contributed by atoms with E-state index in [9.17, 15) is 0 Å². The molecule has 0 radical (unpaired) electrons. The van der Waals surface area contributed by atoms with Crippen molar-refractivity contribution in [2.45, 2.75) is 128 Å². The maximum absolute atomic E-state index is 6.22. The van der Waals surface area contributed by atoms with Crippen LogP contribution in [-0.2, 0) is 53.8 Å². The molecule has 8 aliphatic rings. The number of halogens is 1. The third kappa shape index (κ3) is 15.1. The summed E-state index contributed by atoms with van der Waals surface area (Å²) in [6.45, 7) is 29.5. The van der Waals surface area contributed by atoms with Gasteiger partial charge in [0.25, 0.3) is 59.0 Å². The van der Waals surface area contributed by atoms with Crippen LogP contribution in [0.2, 0.25) is 44.4 Å². The van der Waals surface area contributed by atoms with Crippen molar-refractivity contribution in [3.63, 3.8) is 0 Å². The zero-order chi connectivity index (χ0) is 97.8. The van der Waals surface area contributed by atoms with Gasteiger partial charge in [-0.2, -0.15) is 27.4 Å². The predicted molar refractivity (Wildman–Crippen MR) is 579 cm³/mol. The molecule has 0 amide bonds. The lowest BCUT2D eigenvalue weighted by molar-refractivity contribution is -0.707. The Hall–Kier alpha value is -16.2. The molecule has 16 heterocycles. The number of aromatic nitrogens is 8. The number of hydrogen-bond acceptors (Lipinski definition) is 9. The zero-order valence-corrected chi connectivity index (χ0v) is 85.3. The summed E-state index contributed by atoms with van der Waals surface area (Å²) in [5.74, 6) is 8.98. The second kappa shape index (κ2) is 35.2.